The Labute approximate surface area is 642 Å². The summed E-state index contributed by atoms with van der Waals surface area (Å²) in [5.41, 5.74) is 18.0. The van der Waals surface area contributed by atoms with E-state index in [2.05, 4.69) is 26.3 Å². The normalized spacial score (nSPS) is 13.7. The Kier molecular flexibility index (Phi) is 22.6. The highest BCUT2D eigenvalue weighted by molar-refractivity contribution is 7.14. The first-order valence-electron chi connectivity index (χ1n) is 36.6. The fraction of sp³-hybridized carbons (Fsp3) is 0.286. The number of anilines is 4. The molecule has 8 aromatic heterocycles. The van der Waals surface area contributed by atoms with Gasteiger partial charge in [0.05, 0.1) is 65.1 Å². The monoisotopic (exact) mass is 1510 g/mol. The summed E-state index contributed by atoms with van der Waals surface area (Å²) in [6, 6.07) is 37.3. The van der Waals surface area contributed by atoms with Gasteiger partial charge in [-0.15, -0.1) is 45.3 Å². The number of thiophene rings is 4. The average molecular weight is 1520 g/mol. The molecule has 0 spiro atoms. The molecule has 4 amide bonds. The Morgan fingerprint density at radius 3 is 1.04 bits per heavy atom. The molecular weight excluding hydrogens is 1430 g/mol. The predicted molar refractivity (Wildman–Crippen MR) is 430 cm³/mol. The highest BCUT2D eigenvalue weighted by Gasteiger charge is 2.30. The van der Waals surface area contributed by atoms with Crippen molar-refractivity contribution in [1.29, 1.82) is 0 Å². The van der Waals surface area contributed by atoms with Crippen LogP contribution >= 0.6 is 45.3 Å². The molecule has 20 nitrogen and oxygen atoms in total. The van der Waals surface area contributed by atoms with Crippen LogP contribution < -0.4 is 21.3 Å². The van der Waals surface area contributed by atoms with E-state index in [4.69, 9.17) is 34.9 Å². The number of amides is 4. The highest BCUT2D eigenvalue weighted by atomic mass is 32.1. The van der Waals surface area contributed by atoms with Gasteiger partial charge in [0, 0.05) is 47.9 Å². The third kappa shape index (κ3) is 16.9. The van der Waals surface area contributed by atoms with Gasteiger partial charge in [0.15, 0.2) is 23.3 Å². The molecule has 8 N–H and O–H groups in total. The van der Waals surface area contributed by atoms with Gasteiger partial charge in [0.25, 0.3) is 0 Å². The van der Waals surface area contributed by atoms with E-state index in [-0.39, 0.29) is 58.5 Å². The van der Waals surface area contributed by atoms with Gasteiger partial charge in [-0.25, -0.2) is 39.9 Å². The Morgan fingerprint density at radius 2 is 0.731 bits per heavy atom. The average Bonchev–Trinajstić information content (AvgIpc) is 1.04. The number of carbonyl (C=O) groups is 4. The van der Waals surface area contributed by atoms with E-state index in [1.807, 2.05) is 128 Å². The molecule has 550 valence electrons. The second-order valence-corrected chi connectivity index (χ2v) is 31.8. The van der Waals surface area contributed by atoms with Crippen LogP contribution in [0.3, 0.4) is 0 Å². The van der Waals surface area contributed by atoms with Crippen molar-refractivity contribution < 1.29 is 39.6 Å². The van der Waals surface area contributed by atoms with E-state index in [0.29, 0.717) is 59.1 Å². The molecule has 1 fully saturated rings. The minimum atomic E-state index is -0.164. The van der Waals surface area contributed by atoms with E-state index < -0.39 is 0 Å². The van der Waals surface area contributed by atoms with Gasteiger partial charge in [0.2, 0.25) is 23.6 Å². The molecule has 1 saturated carbocycles. The van der Waals surface area contributed by atoms with Crippen LogP contribution in [0.4, 0.5) is 23.3 Å². The lowest BCUT2D eigenvalue weighted by atomic mass is 9.87. The molecule has 12 aromatic rings. The largest absolute Gasteiger partial charge is 0.508 e. The lowest BCUT2D eigenvalue weighted by molar-refractivity contribution is -0.119. The molecular formula is C84H82N12O8S4. The van der Waals surface area contributed by atoms with Crippen LogP contribution in [0, 0.1) is 17.8 Å². The summed E-state index contributed by atoms with van der Waals surface area (Å²) < 4.78 is 0. The lowest BCUT2D eigenvalue weighted by Gasteiger charge is -2.22. The first-order chi connectivity index (χ1) is 52.4. The molecule has 108 heavy (non-hydrogen) atoms. The summed E-state index contributed by atoms with van der Waals surface area (Å²) >= 11 is 6.30. The third-order valence-electron chi connectivity index (χ3n) is 19.7. The van der Waals surface area contributed by atoms with Gasteiger partial charge >= 0.3 is 0 Å². The van der Waals surface area contributed by atoms with Gasteiger partial charge < -0.3 is 41.7 Å². The first-order valence-corrected chi connectivity index (χ1v) is 40.1. The number of nitrogens with one attached hydrogen (secondary N) is 4. The molecule has 5 aliphatic carbocycles. The van der Waals surface area contributed by atoms with Crippen LogP contribution in [0.15, 0.2) is 143 Å². The predicted octanol–water partition coefficient (Wildman–Crippen LogP) is 18.5. The van der Waals surface area contributed by atoms with Crippen molar-refractivity contribution in [2.24, 2.45) is 17.8 Å². The third-order valence-corrected chi connectivity index (χ3v) is 23.2. The van der Waals surface area contributed by atoms with Crippen LogP contribution in [0.5, 0.6) is 23.0 Å². The van der Waals surface area contributed by atoms with Crippen molar-refractivity contribution >= 4 is 92.2 Å². The summed E-state index contributed by atoms with van der Waals surface area (Å²) in [4.78, 5) is 91.8. The van der Waals surface area contributed by atoms with Gasteiger partial charge in [-0.1, -0.05) is 71.2 Å². The lowest BCUT2D eigenvalue weighted by Crippen LogP contribution is -2.22. The maximum atomic E-state index is 12.8. The molecule has 17 rings (SSSR count). The second-order valence-electron chi connectivity index (χ2n) is 28.0. The standard InChI is InChI=1S/C24H25N3O2S.2C21H21N3O2S.C18H15N3O2S/c28-17-9-10-18-16(14-17)8-11-19-22(18)27-23(20-7-4-12-30-20)24(25-19)26-21(29)13-15-5-2-1-3-6-15;1-12(2)10-18(26)23-21-20(17-4-3-9-27-17)24-19-15-7-6-14(25)11-13(15)5-8-16(19)22-21;1-3-12(2)21(26)24-20-19(17-5-4-10-27-17)23-18-15-8-7-14(25)11-13(15)6-9-16(18)22-20;1-10(22)19-18-17(15-3-2-8-24-15)21-16-13-6-5-12(23)9-11(13)4-7-14(16)20-18/h4,7,9-10,12,14-15,28H,1-3,5-6,8,11,13H2,(H,25,26,29);3-4,6-7,9,11-12,25H,5,8,10H2,1-2H3,(H,22,23,26);4-5,7-8,10-12,25H,3,6,9H2,1-2H3,(H,22,24,26);2-3,5-6,8-9,23H,4,7H2,1H3,(H,19,20,22). The molecule has 5 aliphatic rings. The minimum absolute atomic E-state index is 0.0364. The smallest absolute Gasteiger partial charge is 0.228 e. The number of aromatic nitrogens is 8. The van der Waals surface area contributed by atoms with E-state index in [0.717, 1.165) is 186 Å². The number of carbonyl (C=O) groups excluding carboxylic acids is 4. The zero-order valence-corrected chi connectivity index (χ0v) is 63.8. The van der Waals surface area contributed by atoms with Crippen molar-refractivity contribution in [1.82, 2.24) is 39.9 Å². The summed E-state index contributed by atoms with van der Waals surface area (Å²) in [5.74, 6) is 3.67. The first kappa shape index (κ1) is 74.0. The summed E-state index contributed by atoms with van der Waals surface area (Å²) in [6.45, 7) is 9.41. The van der Waals surface area contributed by atoms with Crippen LogP contribution in [-0.2, 0) is 70.5 Å². The Bertz CT molecular complexity index is 5310. The molecule has 8 heterocycles. The fourth-order valence-corrected chi connectivity index (χ4v) is 17.1. The van der Waals surface area contributed by atoms with Crippen molar-refractivity contribution in [3.8, 4) is 110 Å². The quantitative estimate of drug-likeness (QED) is 0.0502. The number of phenolic OH excluding ortho intramolecular Hbond substituents is 4. The molecule has 0 saturated heterocycles. The van der Waals surface area contributed by atoms with Gasteiger partial charge in [-0.05, 0) is 223 Å². The molecule has 0 aliphatic heterocycles. The molecule has 0 bridgehead atoms. The van der Waals surface area contributed by atoms with E-state index in [9.17, 15) is 39.6 Å². The van der Waals surface area contributed by atoms with E-state index in [1.165, 1.54) is 26.2 Å². The van der Waals surface area contributed by atoms with Crippen molar-refractivity contribution in [3.63, 3.8) is 0 Å². The zero-order valence-electron chi connectivity index (χ0n) is 60.5. The minimum Gasteiger partial charge on any atom is -0.508 e. The van der Waals surface area contributed by atoms with Gasteiger partial charge in [-0.2, -0.15) is 0 Å². The number of hydrogen-bond donors (Lipinski definition) is 8. The van der Waals surface area contributed by atoms with Crippen molar-refractivity contribution in [2.45, 2.75) is 137 Å². The topological polar surface area (TPSA) is 300 Å². The number of benzene rings is 4. The van der Waals surface area contributed by atoms with E-state index in [1.54, 1.807) is 87.8 Å². The summed E-state index contributed by atoms with van der Waals surface area (Å²) in [5, 5.41) is 58.9. The maximum Gasteiger partial charge on any atom is 0.228 e. The number of fused-ring (bicyclic) bond motifs is 12. The molecule has 1 unspecified atom stereocenters. The van der Waals surface area contributed by atoms with Crippen LogP contribution in [0.25, 0.3) is 87.3 Å². The van der Waals surface area contributed by atoms with Crippen LogP contribution in [-0.4, -0.2) is 83.9 Å². The van der Waals surface area contributed by atoms with Gasteiger partial charge in [-0.3, -0.25) is 19.2 Å². The second kappa shape index (κ2) is 33.1. The maximum absolute atomic E-state index is 12.8. The van der Waals surface area contributed by atoms with E-state index >= 15 is 0 Å². The SMILES string of the molecule is CC(=O)Nc1nc2c(nc1-c1cccs1)-c1ccc(O)cc1CC2.CC(C)CC(=O)Nc1nc2c(nc1-c1cccs1)-c1ccc(O)cc1CC2.CCC(C)C(=O)Nc1nc2c(nc1-c1cccs1)-c1ccc(O)cc1CC2.O=C(CC1CCCCC1)Nc1nc2c(nc1-c1cccs1)-c1ccc(O)cc1CC2. The molecule has 0 radical (unpaired) electrons. The number of phenols is 4. The summed E-state index contributed by atoms with van der Waals surface area (Å²) in [6.07, 6.45) is 13.9. The Hall–Kier alpha value is -10.9. The van der Waals surface area contributed by atoms with Gasteiger partial charge in [0.1, 0.15) is 45.8 Å². The van der Waals surface area contributed by atoms with Crippen LogP contribution in [0.1, 0.15) is 131 Å². The van der Waals surface area contributed by atoms with Crippen molar-refractivity contribution in [2.75, 3.05) is 21.3 Å². The van der Waals surface area contributed by atoms with Crippen molar-refractivity contribution in [3.05, 3.63) is 188 Å². The number of rotatable bonds is 14. The molecule has 1 atom stereocenters. The number of nitrogens with zero attached hydrogens (tertiary/aromatic N) is 8. The number of aryl methyl sites for hydroxylation is 8. The summed E-state index contributed by atoms with van der Waals surface area (Å²) in [7, 11) is 0. The number of hydrogen-bond acceptors (Lipinski definition) is 20. The zero-order chi connectivity index (χ0) is 75.1. The van der Waals surface area contributed by atoms with Crippen LogP contribution in [0.2, 0.25) is 0 Å². The Balaban J connectivity index is 0.000000121. The number of aromatic hydroxyl groups is 4. The molecule has 4 aromatic carbocycles. The molecule has 24 heteroatoms. The Morgan fingerprint density at radius 1 is 0.407 bits per heavy atom. The fourth-order valence-electron chi connectivity index (χ4n) is 14.2. The highest BCUT2D eigenvalue weighted by Crippen LogP contribution is 2.44.